The molecule has 1 saturated carbocycles. The van der Waals surface area contributed by atoms with Gasteiger partial charge in [-0.15, -0.1) is 11.6 Å². The molecule has 0 N–H and O–H groups in total. The van der Waals surface area contributed by atoms with Crippen molar-refractivity contribution in [1.29, 1.82) is 0 Å². The maximum atomic E-state index is 5.88. The first-order chi connectivity index (χ1) is 8.88. The number of alkyl halides is 1. The van der Waals surface area contributed by atoms with Crippen LogP contribution in [0, 0.1) is 5.92 Å². The molecular formula is C14H18ClN3. The lowest BCUT2D eigenvalue weighted by atomic mass is 10.1. The van der Waals surface area contributed by atoms with Crippen LogP contribution in [0.15, 0.2) is 18.5 Å². The zero-order valence-corrected chi connectivity index (χ0v) is 11.2. The molecule has 1 aliphatic rings. The number of aryl methyl sites for hydroxylation is 1. The Morgan fingerprint density at radius 2 is 2.17 bits per heavy atom. The van der Waals surface area contributed by atoms with Gasteiger partial charge in [-0.25, -0.2) is 4.98 Å². The van der Waals surface area contributed by atoms with Gasteiger partial charge in [0.15, 0.2) is 0 Å². The second-order valence-corrected chi connectivity index (χ2v) is 5.47. The molecule has 3 rings (SSSR count). The van der Waals surface area contributed by atoms with Crippen LogP contribution in [0.3, 0.4) is 0 Å². The van der Waals surface area contributed by atoms with Crippen molar-refractivity contribution in [1.82, 2.24) is 14.5 Å². The molecule has 3 nitrogen and oxygen atoms in total. The van der Waals surface area contributed by atoms with Crippen molar-refractivity contribution in [2.45, 2.75) is 38.6 Å². The number of hydrogen-bond donors (Lipinski definition) is 0. The minimum Gasteiger partial charge on any atom is -0.328 e. The van der Waals surface area contributed by atoms with E-state index in [4.69, 9.17) is 11.6 Å². The summed E-state index contributed by atoms with van der Waals surface area (Å²) in [5.41, 5.74) is 2.20. The Hall–Kier alpha value is -1.09. The monoisotopic (exact) mass is 263 g/mol. The molecule has 96 valence electrons. The summed E-state index contributed by atoms with van der Waals surface area (Å²) < 4.78 is 2.36. The Morgan fingerprint density at radius 1 is 1.33 bits per heavy atom. The largest absolute Gasteiger partial charge is 0.328 e. The van der Waals surface area contributed by atoms with E-state index in [0.717, 1.165) is 30.2 Å². The summed E-state index contributed by atoms with van der Waals surface area (Å²) in [6.07, 6.45) is 9.99. The molecule has 0 amide bonds. The standard InChI is InChI=1S/C14H18ClN3/c15-7-5-14-17-12-9-16-8-6-13(12)18(14)10-11-3-1-2-4-11/h6,8-9,11H,1-5,7,10H2. The molecular weight excluding hydrogens is 246 g/mol. The third kappa shape index (κ3) is 2.24. The molecule has 0 spiro atoms. The minimum atomic E-state index is 0.626. The molecule has 0 aliphatic heterocycles. The van der Waals surface area contributed by atoms with Gasteiger partial charge in [0.2, 0.25) is 0 Å². The summed E-state index contributed by atoms with van der Waals surface area (Å²) in [7, 11) is 0. The van der Waals surface area contributed by atoms with E-state index in [1.165, 1.54) is 31.2 Å². The third-order valence-electron chi connectivity index (χ3n) is 3.86. The number of imidazole rings is 1. The van der Waals surface area contributed by atoms with Gasteiger partial charge in [0.05, 0.1) is 11.7 Å². The molecule has 0 aromatic carbocycles. The van der Waals surface area contributed by atoms with E-state index in [1.54, 1.807) is 0 Å². The van der Waals surface area contributed by atoms with Crippen LogP contribution in [-0.2, 0) is 13.0 Å². The van der Waals surface area contributed by atoms with E-state index in [-0.39, 0.29) is 0 Å². The minimum absolute atomic E-state index is 0.626. The highest BCUT2D eigenvalue weighted by Gasteiger charge is 2.18. The average molecular weight is 264 g/mol. The Morgan fingerprint density at radius 3 is 2.94 bits per heavy atom. The summed E-state index contributed by atoms with van der Waals surface area (Å²) in [5, 5.41) is 0. The lowest BCUT2D eigenvalue weighted by molar-refractivity contribution is 0.455. The highest BCUT2D eigenvalue weighted by Crippen LogP contribution is 2.28. The molecule has 0 saturated heterocycles. The summed E-state index contributed by atoms with van der Waals surface area (Å²) in [4.78, 5) is 8.81. The molecule has 0 radical (unpaired) electrons. The van der Waals surface area contributed by atoms with Crippen molar-refractivity contribution in [2.75, 3.05) is 5.88 Å². The molecule has 2 aromatic heterocycles. The van der Waals surface area contributed by atoms with E-state index in [1.807, 2.05) is 12.4 Å². The van der Waals surface area contributed by atoms with E-state index in [2.05, 4.69) is 20.6 Å². The van der Waals surface area contributed by atoms with Crippen molar-refractivity contribution in [3.05, 3.63) is 24.3 Å². The third-order valence-corrected chi connectivity index (χ3v) is 4.05. The molecule has 2 heterocycles. The lowest BCUT2D eigenvalue weighted by Gasteiger charge is -2.13. The second-order valence-electron chi connectivity index (χ2n) is 5.09. The molecule has 0 atom stereocenters. The van der Waals surface area contributed by atoms with Crippen LogP contribution in [0.2, 0.25) is 0 Å². The number of rotatable bonds is 4. The van der Waals surface area contributed by atoms with Crippen LogP contribution in [-0.4, -0.2) is 20.4 Å². The SMILES string of the molecule is ClCCc1nc2cnccc2n1CC1CCCC1. The fourth-order valence-electron chi connectivity index (χ4n) is 2.96. The first-order valence-corrected chi connectivity index (χ1v) is 7.27. The topological polar surface area (TPSA) is 30.7 Å². The number of pyridine rings is 1. The van der Waals surface area contributed by atoms with Gasteiger partial charge in [0.25, 0.3) is 0 Å². The molecule has 0 unspecified atom stereocenters. The van der Waals surface area contributed by atoms with Crippen molar-refractivity contribution in [3.8, 4) is 0 Å². The normalized spacial score (nSPS) is 16.7. The lowest BCUT2D eigenvalue weighted by Crippen LogP contribution is -2.11. The van der Waals surface area contributed by atoms with E-state index >= 15 is 0 Å². The predicted octanol–water partition coefficient (Wildman–Crippen LogP) is 3.40. The zero-order chi connectivity index (χ0) is 12.4. The van der Waals surface area contributed by atoms with E-state index < -0.39 is 0 Å². The van der Waals surface area contributed by atoms with Gasteiger partial charge in [-0.3, -0.25) is 4.98 Å². The average Bonchev–Trinajstić information content (AvgIpc) is 3.00. The van der Waals surface area contributed by atoms with Crippen LogP contribution in [0.4, 0.5) is 0 Å². The van der Waals surface area contributed by atoms with Crippen LogP contribution in [0.25, 0.3) is 11.0 Å². The molecule has 2 aromatic rings. The summed E-state index contributed by atoms with van der Waals surface area (Å²) in [6.45, 7) is 1.09. The molecule has 0 bridgehead atoms. The highest BCUT2D eigenvalue weighted by molar-refractivity contribution is 6.17. The Bertz CT molecular complexity index is 529. The second kappa shape index (κ2) is 5.27. The van der Waals surface area contributed by atoms with Gasteiger partial charge >= 0.3 is 0 Å². The van der Waals surface area contributed by atoms with Crippen molar-refractivity contribution < 1.29 is 0 Å². The van der Waals surface area contributed by atoms with Crippen LogP contribution in [0.5, 0.6) is 0 Å². The smallest absolute Gasteiger partial charge is 0.111 e. The fourth-order valence-corrected chi connectivity index (χ4v) is 3.13. The van der Waals surface area contributed by atoms with Gasteiger partial charge in [0, 0.05) is 25.0 Å². The first-order valence-electron chi connectivity index (χ1n) is 6.73. The van der Waals surface area contributed by atoms with E-state index in [0.29, 0.717) is 5.88 Å². The molecule has 4 heteroatoms. The van der Waals surface area contributed by atoms with Crippen molar-refractivity contribution >= 4 is 22.6 Å². The number of aromatic nitrogens is 3. The maximum absolute atomic E-state index is 5.88. The Kier molecular flexibility index (Phi) is 3.50. The molecule has 1 aliphatic carbocycles. The summed E-state index contributed by atoms with van der Waals surface area (Å²) >= 11 is 5.88. The highest BCUT2D eigenvalue weighted by atomic mass is 35.5. The van der Waals surface area contributed by atoms with Gasteiger partial charge < -0.3 is 4.57 Å². The van der Waals surface area contributed by atoms with Gasteiger partial charge in [0.1, 0.15) is 11.3 Å². The number of halogens is 1. The number of fused-ring (bicyclic) bond motifs is 1. The zero-order valence-electron chi connectivity index (χ0n) is 10.5. The summed E-state index contributed by atoms with van der Waals surface area (Å²) in [6, 6.07) is 2.06. The van der Waals surface area contributed by atoms with Crippen molar-refractivity contribution in [3.63, 3.8) is 0 Å². The van der Waals surface area contributed by atoms with Crippen LogP contribution < -0.4 is 0 Å². The van der Waals surface area contributed by atoms with Crippen molar-refractivity contribution in [2.24, 2.45) is 5.92 Å². The fraction of sp³-hybridized carbons (Fsp3) is 0.571. The predicted molar refractivity (Wildman–Crippen MR) is 73.9 cm³/mol. The van der Waals surface area contributed by atoms with Gasteiger partial charge in [-0.2, -0.15) is 0 Å². The quantitative estimate of drug-likeness (QED) is 0.792. The Labute approximate surface area is 112 Å². The summed E-state index contributed by atoms with van der Waals surface area (Å²) in [5.74, 6) is 2.55. The van der Waals surface area contributed by atoms with Gasteiger partial charge in [-0.05, 0) is 24.8 Å². The maximum Gasteiger partial charge on any atom is 0.111 e. The first kappa shape index (κ1) is 12.0. The van der Waals surface area contributed by atoms with Gasteiger partial charge in [-0.1, -0.05) is 12.8 Å². The number of nitrogens with zero attached hydrogens (tertiary/aromatic N) is 3. The molecule has 18 heavy (non-hydrogen) atoms. The molecule has 1 fully saturated rings. The Balaban J connectivity index is 1.97. The van der Waals surface area contributed by atoms with Crippen LogP contribution in [0.1, 0.15) is 31.5 Å². The van der Waals surface area contributed by atoms with Crippen LogP contribution >= 0.6 is 11.6 Å². The van der Waals surface area contributed by atoms with E-state index in [9.17, 15) is 0 Å². The number of hydrogen-bond acceptors (Lipinski definition) is 2.